The Morgan fingerprint density at radius 2 is 2.20 bits per heavy atom. The van der Waals surface area contributed by atoms with Gasteiger partial charge < -0.3 is 15.6 Å². The smallest absolute Gasteiger partial charge is 0.0889 e. The fraction of sp³-hybridized carbons (Fsp3) is 1.00. The number of ether oxygens (including phenoxy) is 1. The molecule has 0 rings (SSSR count). The minimum atomic E-state index is -0.788. The summed E-state index contributed by atoms with van der Waals surface area (Å²) in [5, 5.41) is 9.58. The van der Waals surface area contributed by atoms with Gasteiger partial charge in [0.15, 0.2) is 0 Å². The van der Waals surface area contributed by atoms with Crippen LogP contribution in [0, 0.1) is 0 Å². The Kier molecular flexibility index (Phi) is 3.86. The number of rotatable bonds is 4. The summed E-state index contributed by atoms with van der Waals surface area (Å²) < 4.78 is 4.96. The molecule has 3 heteroatoms. The molecule has 0 fully saturated rings. The van der Waals surface area contributed by atoms with Crippen LogP contribution in [-0.2, 0) is 4.74 Å². The number of aliphatic hydroxyl groups is 1. The quantitative estimate of drug-likeness (QED) is 0.594. The van der Waals surface area contributed by atoms with Crippen LogP contribution in [0.4, 0.5) is 0 Å². The Balaban J connectivity index is 3.82. The molecule has 0 aromatic heterocycles. The predicted molar refractivity (Wildman–Crippen MR) is 40.8 cm³/mol. The second kappa shape index (κ2) is 3.91. The van der Waals surface area contributed by atoms with E-state index in [1.165, 1.54) is 0 Å². The lowest BCUT2D eigenvalue weighted by molar-refractivity contribution is -0.0753. The molecule has 0 saturated carbocycles. The maximum absolute atomic E-state index is 9.58. The highest BCUT2D eigenvalue weighted by Gasteiger charge is 2.26. The molecule has 0 radical (unpaired) electrons. The van der Waals surface area contributed by atoms with Gasteiger partial charge in [0.1, 0.15) is 0 Å². The van der Waals surface area contributed by atoms with E-state index >= 15 is 0 Å². The summed E-state index contributed by atoms with van der Waals surface area (Å²) in [6.07, 6.45) is 0.415. The van der Waals surface area contributed by atoms with Crippen molar-refractivity contribution in [3.05, 3.63) is 0 Å². The van der Waals surface area contributed by atoms with Gasteiger partial charge in [-0.05, 0) is 26.8 Å². The SMILES string of the molecule is COC(C)C(C)(O)CCN. The lowest BCUT2D eigenvalue weighted by atomic mass is 9.96. The van der Waals surface area contributed by atoms with Gasteiger partial charge in [-0.25, -0.2) is 0 Å². The first kappa shape index (κ1) is 9.88. The highest BCUT2D eigenvalue weighted by molar-refractivity contribution is 4.79. The van der Waals surface area contributed by atoms with Crippen molar-refractivity contribution in [1.82, 2.24) is 0 Å². The number of nitrogens with two attached hydrogens (primary N) is 1. The molecule has 0 aliphatic heterocycles. The Labute approximate surface area is 62.2 Å². The van der Waals surface area contributed by atoms with Gasteiger partial charge in [-0.1, -0.05) is 0 Å². The largest absolute Gasteiger partial charge is 0.387 e. The van der Waals surface area contributed by atoms with Gasteiger partial charge in [-0.3, -0.25) is 0 Å². The standard InChI is InChI=1S/C7H17NO2/c1-6(10-3)7(2,9)4-5-8/h6,9H,4-5,8H2,1-3H3. The second-order valence-electron chi connectivity index (χ2n) is 2.77. The molecule has 3 nitrogen and oxygen atoms in total. The van der Waals surface area contributed by atoms with Crippen LogP contribution in [-0.4, -0.2) is 30.5 Å². The molecule has 0 spiro atoms. The van der Waals surface area contributed by atoms with E-state index in [1.54, 1.807) is 14.0 Å². The highest BCUT2D eigenvalue weighted by atomic mass is 16.5. The minimum Gasteiger partial charge on any atom is -0.387 e. The van der Waals surface area contributed by atoms with Crippen LogP contribution >= 0.6 is 0 Å². The van der Waals surface area contributed by atoms with E-state index in [9.17, 15) is 5.11 Å². The summed E-state index contributed by atoms with van der Waals surface area (Å²) in [7, 11) is 1.58. The first-order valence-electron chi connectivity index (χ1n) is 3.50. The third-order valence-corrected chi connectivity index (χ3v) is 1.88. The van der Waals surface area contributed by atoms with Crippen molar-refractivity contribution >= 4 is 0 Å². The summed E-state index contributed by atoms with van der Waals surface area (Å²) in [4.78, 5) is 0. The summed E-state index contributed by atoms with van der Waals surface area (Å²) in [5.74, 6) is 0. The van der Waals surface area contributed by atoms with E-state index in [-0.39, 0.29) is 6.10 Å². The number of hydrogen-bond donors (Lipinski definition) is 2. The monoisotopic (exact) mass is 147 g/mol. The maximum atomic E-state index is 9.58. The van der Waals surface area contributed by atoms with Crippen LogP contribution < -0.4 is 5.73 Å². The molecule has 0 aromatic carbocycles. The molecule has 2 unspecified atom stereocenters. The molecule has 0 heterocycles. The Morgan fingerprint density at radius 1 is 1.70 bits per heavy atom. The van der Waals surface area contributed by atoms with Crippen molar-refractivity contribution in [3.8, 4) is 0 Å². The Morgan fingerprint density at radius 3 is 2.50 bits per heavy atom. The third kappa shape index (κ3) is 2.64. The highest BCUT2D eigenvalue weighted by Crippen LogP contribution is 2.15. The van der Waals surface area contributed by atoms with Crippen LogP contribution in [0.25, 0.3) is 0 Å². The van der Waals surface area contributed by atoms with E-state index in [2.05, 4.69) is 0 Å². The van der Waals surface area contributed by atoms with E-state index in [0.29, 0.717) is 13.0 Å². The van der Waals surface area contributed by atoms with Crippen molar-refractivity contribution in [2.75, 3.05) is 13.7 Å². The first-order chi connectivity index (χ1) is 4.54. The molecule has 62 valence electrons. The normalized spacial score (nSPS) is 20.1. The van der Waals surface area contributed by atoms with Crippen molar-refractivity contribution < 1.29 is 9.84 Å². The number of methoxy groups -OCH3 is 1. The summed E-state index contributed by atoms with van der Waals surface area (Å²) in [6.45, 7) is 4.05. The summed E-state index contributed by atoms with van der Waals surface area (Å²) >= 11 is 0. The van der Waals surface area contributed by atoms with Crippen molar-refractivity contribution in [2.45, 2.75) is 32.0 Å². The molecule has 0 bridgehead atoms. The average molecular weight is 147 g/mol. The zero-order valence-electron chi connectivity index (χ0n) is 6.92. The molecule has 0 amide bonds. The lowest BCUT2D eigenvalue weighted by Crippen LogP contribution is -2.40. The van der Waals surface area contributed by atoms with Crippen LogP contribution in [0.1, 0.15) is 20.3 Å². The van der Waals surface area contributed by atoms with Crippen molar-refractivity contribution in [1.29, 1.82) is 0 Å². The molecular formula is C7H17NO2. The van der Waals surface area contributed by atoms with Crippen LogP contribution in [0.15, 0.2) is 0 Å². The zero-order chi connectivity index (χ0) is 8.20. The fourth-order valence-corrected chi connectivity index (χ4v) is 0.749. The van der Waals surface area contributed by atoms with Crippen molar-refractivity contribution in [2.24, 2.45) is 5.73 Å². The van der Waals surface area contributed by atoms with E-state index < -0.39 is 5.60 Å². The first-order valence-corrected chi connectivity index (χ1v) is 3.50. The van der Waals surface area contributed by atoms with E-state index in [1.807, 2.05) is 6.92 Å². The molecule has 2 atom stereocenters. The van der Waals surface area contributed by atoms with Gasteiger partial charge in [-0.15, -0.1) is 0 Å². The van der Waals surface area contributed by atoms with Gasteiger partial charge >= 0.3 is 0 Å². The molecule has 0 aromatic rings. The topological polar surface area (TPSA) is 55.5 Å². The summed E-state index contributed by atoms with van der Waals surface area (Å²) in [6, 6.07) is 0. The Hall–Kier alpha value is -0.120. The van der Waals surface area contributed by atoms with Crippen molar-refractivity contribution in [3.63, 3.8) is 0 Å². The maximum Gasteiger partial charge on any atom is 0.0889 e. The van der Waals surface area contributed by atoms with Gasteiger partial charge in [0.25, 0.3) is 0 Å². The minimum absolute atomic E-state index is 0.156. The molecular weight excluding hydrogens is 130 g/mol. The lowest BCUT2D eigenvalue weighted by Gasteiger charge is -2.28. The van der Waals surface area contributed by atoms with E-state index in [4.69, 9.17) is 10.5 Å². The number of hydrogen-bond acceptors (Lipinski definition) is 3. The second-order valence-corrected chi connectivity index (χ2v) is 2.77. The third-order valence-electron chi connectivity index (χ3n) is 1.88. The van der Waals surface area contributed by atoms with Gasteiger partial charge in [0.05, 0.1) is 11.7 Å². The predicted octanol–water partition coefficient (Wildman–Crippen LogP) is 0.121. The Bertz CT molecular complexity index is 93.6. The van der Waals surface area contributed by atoms with Crippen LogP contribution in [0.3, 0.4) is 0 Å². The molecule has 0 aliphatic rings. The molecule has 3 N–H and O–H groups in total. The molecule has 0 aliphatic carbocycles. The van der Waals surface area contributed by atoms with Gasteiger partial charge in [0, 0.05) is 7.11 Å². The van der Waals surface area contributed by atoms with E-state index in [0.717, 1.165) is 0 Å². The molecule has 10 heavy (non-hydrogen) atoms. The summed E-state index contributed by atoms with van der Waals surface area (Å²) in [5.41, 5.74) is 4.50. The van der Waals surface area contributed by atoms with Crippen LogP contribution in [0.5, 0.6) is 0 Å². The zero-order valence-corrected chi connectivity index (χ0v) is 6.92. The van der Waals surface area contributed by atoms with Crippen LogP contribution in [0.2, 0.25) is 0 Å². The van der Waals surface area contributed by atoms with Gasteiger partial charge in [-0.2, -0.15) is 0 Å². The van der Waals surface area contributed by atoms with Gasteiger partial charge in [0.2, 0.25) is 0 Å². The average Bonchev–Trinajstić information content (AvgIpc) is 1.86. The molecule has 0 saturated heterocycles. The fourth-order valence-electron chi connectivity index (χ4n) is 0.749.